The lowest BCUT2D eigenvalue weighted by Gasteiger charge is -2.11. The van der Waals surface area contributed by atoms with Crippen LogP contribution < -0.4 is 20.1 Å². The van der Waals surface area contributed by atoms with E-state index >= 15 is 0 Å². The molecule has 7 nitrogen and oxygen atoms in total. The zero-order valence-corrected chi connectivity index (χ0v) is 15.1. The molecule has 0 fully saturated rings. The fraction of sp³-hybridized carbons (Fsp3) is 0.150. The second kappa shape index (κ2) is 8.66. The number of carbonyl (C=O) groups is 1. The molecule has 3 aromatic rings. The van der Waals surface area contributed by atoms with Crippen LogP contribution in [0.4, 0.5) is 11.5 Å². The Hall–Kier alpha value is -3.61. The number of nitrogens with zero attached hydrogens (tertiary/aromatic N) is 2. The van der Waals surface area contributed by atoms with Gasteiger partial charge in [-0.3, -0.25) is 9.78 Å². The first-order valence-corrected chi connectivity index (χ1v) is 8.33. The van der Waals surface area contributed by atoms with Crippen LogP contribution in [0.2, 0.25) is 0 Å². The van der Waals surface area contributed by atoms with Crippen LogP contribution in [0.5, 0.6) is 11.5 Å². The van der Waals surface area contributed by atoms with Crippen molar-refractivity contribution in [3.63, 3.8) is 0 Å². The number of anilines is 2. The Kier molecular flexibility index (Phi) is 5.84. The van der Waals surface area contributed by atoms with Crippen LogP contribution in [0.1, 0.15) is 16.1 Å². The molecule has 0 radical (unpaired) electrons. The number of hydrogen-bond donors (Lipinski definition) is 2. The molecular weight excluding hydrogens is 344 g/mol. The van der Waals surface area contributed by atoms with Gasteiger partial charge in [-0.15, -0.1) is 0 Å². The summed E-state index contributed by atoms with van der Waals surface area (Å²) in [7, 11) is 3.11. The van der Waals surface area contributed by atoms with E-state index < -0.39 is 0 Å². The van der Waals surface area contributed by atoms with Gasteiger partial charge in [0.15, 0.2) is 11.5 Å². The molecular formula is C20H20N4O3. The van der Waals surface area contributed by atoms with E-state index in [1.54, 1.807) is 56.9 Å². The van der Waals surface area contributed by atoms with Gasteiger partial charge in [0.2, 0.25) is 0 Å². The Morgan fingerprint density at radius 1 is 0.963 bits per heavy atom. The third-order valence-electron chi connectivity index (χ3n) is 3.84. The van der Waals surface area contributed by atoms with Gasteiger partial charge >= 0.3 is 0 Å². The minimum absolute atomic E-state index is 0.245. The highest BCUT2D eigenvalue weighted by Crippen LogP contribution is 2.29. The van der Waals surface area contributed by atoms with E-state index in [9.17, 15) is 4.79 Å². The van der Waals surface area contributed by atoms with Crippen molar-refractivity contribution in [2.75, 3.05) is 24.9 Å². The second-order valence-electron chi connectivity index (χ2n) is 5.63. The van der Waals surface area contributed by atoms with Crippen LogP contribution in [-0.4, -0.2) is 30.1 Å². The molecule has 0 saturated heterocycles. The molecule has 138 valence electrons. The Morgan fingerprint density at radius 3 is 2.56 bits per heavy atom. The molecule has 2 heterocycles. The Labute approximate surface area is 157 Å². The molecule has 2 aromatic heterocycles. The molecule has 0 spiro atoms. The summed E-state index contributed by atoms with van der Waals surface area (Å²) in [5.41, 5.74) is 1.99. The monoisotopic (exact) mass is 364 g/mol. The smallest absolute Gasteiger partial charge is 0.255 e. The minimum Gasteiger partial charge on any atom is -0.493 e. The zero-order chi connectivity index (χ0) is 19.1. The number of methoxy groups -OCH3 is 2. The van der Waals surface area contributed by atoms with Crippen molar-refractivity contribution in [3.05, 3.63) is 72.2 Å². The van der Waals surface area contributed by atoms with Gasteiger partial charge in [0.25, 0.3) is 5.91 Å². The molecule has 27 heavy (non-hydrogen) atoms. The zero-order valence-electron chi connectivity index (χ0n) is 15.1. The van der Waals surface area contributed by atoms with Crippen LogP contribution >= 0.6 is 0 Å². The Balaban J connectivity index is 1.68. The van der Waals surface area contributed by atoms with Crippen LogP contribution in [0.3, 0.4) is 0 Å². The maximum atomic E-state index is 12.5. The second-order valence-corrected chi connectivity index (χ2v) is 5.63. The van der Waals surface area contributed by atoms with E-state index in [4.69, 9.17) is 9.47 Å². The van der Waals surface area contributed by atoms with E-state index in [2.05, 4.69) is 20.6 Å². The van der Waals surface area contributed by atoms with Crippen molar-refractivity contribution in [1.29, 1.82) is 0 Å². The van der Waals surface area contributed by atoms with Crippen LogP contribution in [0.25, 0.3) is 0 Å². The summed E-state index contributed by atoms with van der Waals surface area (Å²) in [5.74, 6) is 1.49. The van der Waals surface area contributed by atoms with Crippen molar-refractivity contribution < 1.29 is 14.3 Å². The van der Waals surface area contributed by atoms with E-state index in [1.165, 1.54) is 0 Å². The number of rotatable bonds is 7. The lowest BCUT2D eigenvalue weighted by Crippen LogP contribution is -2.13. The van der Waals surface area contributed by atoms with Crippen molar-refractivity contribution in [3.8, 4) is 11.5 Å². The first kappa shape index (κ1) is 18.2. The summed E-state index contributed by atoms with van der Waals surface area (Å²) in [6.45, 7) is 0.522. The molecule has 0 unspecified atom stereocenters. The molecule has 2 N–H and O–H groups in total. The molecule has 1 amide bonds. The van der Waals surface area contributed by atoms with Gasteiger partial charge in [-0.2, -0.15) is 0 Å². The molecule has 7 heteroatoms. The fourth-order valence-electron chi connectivity index (χ4n) is 2.47. The van der Waals surface area contributed by atoms with Gasteiger partial charge in [-0.05, 0) is 36.4 Å². The number of nitrogens with one attached hydrogen (secondary N) is 2. The predicted molar refractivity (Wildman–Crippen MR) is 103 cm³/mol. The first-order valence-electron chi connectivity index (χ1n) is 8.33. The predicted octanol–water partition coefficient (Wildman–Crippen LogP) is 3.36. The number of benzene rings is 1. The highest BCUT2D eigenvalue weighted by molar-refractivity contribution is 6.04. The molecule has 3 rings (SSSR count). The van der Waals surface area contributed by atoms with Crippen LogP contribution in [0, 0.1) is 0 Å². The summed E-state index contributed by atoms with van der Waals surface area (Å²) in [6, 6.07) is 14.2. The molecule has 1 aromatic carbocycles. The average molecular weight is 364 g/mol. The summed E-state index contributed by atoms with van der Waals surface area (Å²) in [6.07, 6.45) is 3.32. The molecule has 0 atom stereocenters. The topological polar surface area (TPSA) is 85.4 Å². The number of pyridine rings is 2. The van der Waals surface area contributed by atoms with Gasteiger partial charge in [0, 0.05) is 29.7 Å². The van der Waals surface area contributed by atoms with Gasteiger partial charge in [0.05, 0.1) is 26.5 Å². The summed E-state index contributed by atoms with van der Waals surface area (Å²) in [5, 5.41) is 6.01. The van der Waals surface area contributed by atoms with Crippen molar-refractivity contribution in [1.82, 2.24) is 9.97 Å². The highest BCUT2D eigenvalue weighted by atomic mass is 16.5. The molecule has 0 saturated carbocycles. The van der Waals surface area contributed by atoms with Gasteiger partial charge < -0.3 is 20.1 Å². The maximum absolute atomic E-state index is 12.5. The van der Waals surface area contributed by atoms with Gasteiger partial charge in [0.1, 0.15) is 5.82 Å². The number of hydrogen-bond acceptors (Lipinski definition) is 6. The lowest BCUT2D eigenvalue weighted by atomic mass is 10.2. The molecule has 0 aliphatic rings. The summed E-state index contributed by atoms with van der Waals surface area (Å²) >= 11 is 0. The molecule has 0 bridgehead atoms. The normalized spacial score (nSPS) is 10.1. The van der Waals surface area contributed by atoms with Crippen molar-refractivity contribution in [2.24, 2.45) is 0 Å². The van der Waals surface area contributed by atoms with E-state index in [1.807, 2.05) is 18.2 Å². The Morgan fingerprint density at radius 2 is 1.81 bits per heavy atom. The summed E-state index contributed by atoms with van der Waals surface area (Å²) < 4.78 is 10.5. The third-order valence-corrected chi connectivity index (χ3v) is 3.84. The third kappa shape index (κ3) is 4.72. The van der Waals surface area contributed by atoms with E-state index in [0.717, 1.165) is 5.69 Å². The number of aromatic nitrogens is 2. The first-order chi connectivity index (χ1) is 13.2. The van der Waals surface area contributed by atoms with Crippen molar-refractivity contribution in [2.45, 2.75) is 6.54 Å². The van der Waals surface area contributed by atoms with Crippen LogP contribution in [-0.2, 0) is 6.54 Å². The lowest BCUT2D eigenvalue weighted by molar-refractivity contribution is 0.102. The van der Waals surface area contributed by atoms with E-state index in [-0.39, 0.29) is 5.91 Å². The largest absolute Gasteiger partial charge is 0.493 e. The number of amides is 1. The maximum Gasteiger partial charge on any atom is 0.255 e. The standard InChI is InChI=1S/C20H20N4O3/c1-26-17-7-6-15(12-18(17)27-2)24-20(25)14-8-10-22-19(11-14)23-13-16-5-3-4-9-21-16/h3-12H,13H2,1-2H3,(H,22,23)(H,24,25). The molecule has 0 aliphatic heterocycles. The SMILES string of the molecule is COc1ccc(NC(=O)c2ccnc(NCc3ccccn3)c2)cc1OC. The number of carbonyl (C=O) groups excluding carboxylic acids is 1. The Bertz CT molecular complexity index is 916. The quantitative estimate of drug-likeness (QED) is 0.669. The highest BCUT2D eigenvalue weighted by Gasteiger charge is 2.10. The van der Waals surface area contributed by atoms with E-state index in [0.29, 0.717) is 35.1 Å². The van der Waals surface area contributed by atoms with Crippen molar-refractivity contribution >= 4 is 17.4 Å². The summed E-state index contributed by atoms with van der Waals surface area (Å²) in [4.78, 5) is 21.0. The molecule has 0 aliphatic carbocycles. The minimum atomic E-state index is -0.245. The fourth-order valence-corrected chi connectivity index (χ4v) is 2.47. The average Bonchev–Trinajstić information content (AvgIpc) is 2.73. The van der Waals surface area contributed by atoms with Gasteiger partial charge in [-0.1, -0.05) is 6.07 Å². The van der Waals surface area contributed by atoms with Crippen LogP contribution in [0.15, 0.2) is 60.9 Å². The van der Waals surface area contributed by atoms with Gasteiger partial charge in [-0.25, -0.2) is 4.98 Å². The number of ether oxygens (including phenoxy) is 2.